The molecule has 110 valence electrons. The van der Waals surface area contributed by atoms with E-state index in [1.54, 1.807) is 0 Å². The molecule has 2 aliphatic rings. The lowest BCUT2D eigenvalue weighted by Gasteiger charge is -2.44. The van der Waals surface area contributed by atoms with Crippen LogP contribution in [-0.2, 0) is 6.54 Å². The van der Waals surface area contributed by atoms with Crippen LogP contribution in [0.3, 0.4) is 0 Å². The van der Waals surface area contributed by atoms with Gasteiger partial charge in [0, 0.05) is 22.6 Å². The van der Waals surface area contributed by atoms with Gasteiger partial charge in [0.1, 0.15) is 5.75 Å². The molecule has 0 spiro atoms. The van der Waals surface area contributed by atoms with Crippen molar-refractivity contribution in [2.75, 3.05) is 6.54 Å². The van der Waals surface area contributed by atoms with Gasteiger partial charge in [-0.1, -0.05) is 28.8 Å². The number of aryl methyl sites for hydroxylation is 1. The number of phenols is 1. The number of hydrogen-bond acceptors (Lipinski definition) is 2. The van der Waals surface area contributed by atoms with Crippen LogP contribution in [0.1, 0.15) is 49.7 Å². The molecule has 2 unspecified atom stereocenters. The van der Waals surface area contributed by atoms with Crippen molar-refractivity contribution in [1.82, 2.24) is 4.90 Å². The van der Waals surface area contributed by atoms with Crippen LogP contribution in [0.2, 0.25) is 0 Å². The maximum atomic E-state index is 10.3. The highest BCUT2D eigenvalue weighted by molar-refractivity contribution is 9.10. The first-order chi connectivity index (χ1) is 9.65. The summed E-state index contributed by atoms with van der Waals surface area (Å²) in [6.45, 7) is 4.06. The van der Waals surface area contributed by atoms with Gasteiger partial charge < -0.3 is 5.11 Å². The standard InChI is InChI=1S/C17H24BrNO/c1-12-9-15(18)10-14(17(12)20)11-19-8-4-6-13-5-2-3-7-16(13)19/h9-10,13,16,20H,2-8,11H2,1H3. The minimum absolute atomic E-state index is 0.478. The molecule has 0 amide bonds. The number of phenolic OH excluding ortho intramolecular Hbond substituents is 1. The quantitative estimate of drug-likeness (QED) is 0.851. The van der Waals surface area contributed by atoms with Crippen molar-refractivity contribution in [2.45, 2.75) is 58.0 Å². The fourth-order valence-electron chi connectivity index (χ4n) is 4.07. The van der Waals surface area contributed by atoms with E-state index in [0.29, 0.717) is 5.75 Å². The van der Waals surface area contributed by atoms with Crippen molar-refractivity contribution in [3.05, 3.63) is 27.7 Å². The number of rotatable bonds is 2. The van der Waals surface area contributed by atoms with Gasteiger partial charge in [-0.15, -0.1) is 0 Å². The largest absolute Gasteiger partial charge is 0.507 e. The number of halogens is 1. The average molecular weight is 338 g/mol. The van der Waals surface area contributed by atoms with Gasteiger partial charge in [0.25, 0.3) is 0 Å². The van der Waals surface area contributed by atoms with Gasteiger partial charge in [-0.3, -0.25) is 4.90 Å². The molecule has 2 nitrogen and oxygen atoms in total. The number of aromatic hydroxyl groups is 1. The van der Waals surface area contributed by atoms with Crippen LogP contribution in [-0.4, -0.2) is 22.6 Å². The molecule has 1 aliphatic heterocycles. The summed E-state index contributed by atoms with van der Waals surface area (Å²) in [6, 6.07) is 4.81. The Kier molecular flexibility index (Phi) is 4.37. The predicted octanol–water partition coefficient (Wildman–Crippen LogP) is 4.62. The predicted molar refractivity (Wildman–Crippen MR) is 85.9 cm³/mol. The van der Waals surface area contributed by atoms with Crippen molar-refractivity contribution >= 4 is 15.9 Å². The summed E-state index contributed by atoms with van der Waals surface area (Å²) >= 11 is 3.55. The minimum atomic E-state index is 0.478. The molecule has 2 atom stereocenters. The topological polar surface area (TPSA) is 23.5 Å². The van der Waals surface area contributed by atoms with Gasteiger partial charge in [0.2, 0.25) is 0 Å². The van der Waals surface area contributed by atoms with Crippen LogP contribution in [0.15, 0.2) is 16.6 Å². The van der Waals surface area contributed by atoms with E-state index in [2.05, 4.69) is 26.9 Å². The van der Waals surface area contributed by atoms with Crippen molar-refractivity contribution in [2.24, 2.45) is 5.92 Å². The van der Waals surface area contributed by atoms with Crippen LogP contribution < -0.4 is 0 Å². The van der Waals surface area contributed by atoms with E-state index in [1.807, 2.05) is 13.0 Å². The fourth-order valence-corrected chi connectivity index (χ4v) is 4.69. The number of piperidine rings is 1. The Morgan fingerprint density at radius 2 is 1.95 bits per heavy atom. The summed E-state index contributed by atoms with van der Waals surface area (Å²) in [5.74, 6) is 1.37. The summed E-state index contributed by atoms with van der Waals surface area (Å²) in [5.41, 5.74) is 2.04. The van der Waals surface area contributed by atoms with Gasteiger partial charge in [-0.25, -0.2) is 0 Å². The Morgan fingerprint density at radius 3 is 2.80 bits per heavy atom. The molecule has 1 saturated heterocycles. The Labute approximate surface area is 130 Å². The van der Waals surface area contributed by atoms with Crippen LogP contribution >= 0.6 is 15.9 Å². The molecule has 1 aromatic rings. The molecule has 3 rings (SSSR count). The van der Waals surface area contributed by atoms with Crippen molar-refractivity contribution in [3.8, 4) is 5.75 Å². The Hall–Kier alpha value is -0.540. The van der Waals surface area contributed by atoms with Gasteiger partial charge in [0.15, 0.2) is 0 Å². The molecular weight excluding hydrogens is 314 g/mol. The molecule has 0 bridgehead atoms. The maximum absolute atomic E-state index is 10.3. The third kappa shape index (κ3) is 2.89. The molecule has 20 heavy (non-hydrogen) atoms. The molecule has 3 heteroatoms. The highest BCUT2D eigenvalue weighted by atomic mass is 79.9. The number of nitrogens with zero attached hydrogens (tertiary/aromatic N) is 1. The lowest BCUT2D eigenvalue weighted by Crippen LogP contribution is -2.46. The lowest BCUT2D eigenvalue weighted by molar-refractivity contribution is 0.0541. The average Bonchev–Trinajstić information content (AvgIpc) is 2.44. The Morgan fingerprint density at radius 1 is 1.20 bits per heavy atom. The van der Waals surface area contributed by atoms with Crippen molar-refractivity contribution in [3.63, 3.8) is 0 Å². The van der Waals surface area contributed by atoms with E-state index < -0.39 is 0 Å². The number of hydrogen-bond donors (Lipinski definition) is 1. The first-order valence-corrected chi connectivity index (χ1v) is 8.66. The zero-order valence-electron chi connectivity index (χ0n) is 12.2. The van der Waals surface area contributed by atoms with E-state index in [4.69, 9.17) is 0 Å². The molecule has 1 N–H and O–H groups in total. The molecule has 1 aromatic carbocycles. The lowest BCUT2D eigenvalue weighted by atomic mass is 9.78. The van der Waals surface area contributed by atoms with E-state index in [0.717, 1.165) is 34.1 Å². The summed E-state index contributed by atoms with van der Waals surface area (Å²) in [6.07, 6.45) is 8.26. The summed E-state index contributed by atoms with van der Waals surface area (Å²) in [4.78, 5) is 2.62. The van der Waals surface area contributed by atoms with Crippen LogP contribution in [0, 0.1) is 12.8 Å². The van der Waals surface area contributed by atoms with Gasteiger partial charge in [0.05, 0.1) is 0 Å². The van der Waals surface area contributed by atoms with Crippen molar-refractivity contribution < 1.29 is 5.11 Å². The second-order valence-corrected chi connectivity index (χ2v) is 7.37. The van der Waals surface area contributed by atoms with Crippen LogP contribution in [0.25, 0.3) is 0 Å². The van der Waals surface area contributed by atoms with E-state index in [1.165, 1.54) is 45.1 Å². The summed E-state index contributed by atoms with van der Waals surface area (Å²) in [7, 11) is 0. The third-order valence-electron chi connectivity index (χ3n) is 5.08. The summed E-state index contributed by atoms with van der Waals surface area (Å²) < 4.78 is 1.07. The molecule has 1 saturated carbocycles. The van der Waals surface area contributed by atoms with Gasteiger partial charge in [-0.2, -0.15) is 0 Å². The molecule has 0 aromatic heterocycles. The smallest absolute Gasteiger partial charge is 0.123 e. The van der Waals surface area contributed by atoms with E-state index in [9.17, 15) is 5.11 Å². The maximum Gasteiger partial charge on any atom is 0.123 e. The minimum Gasteiger partial charge on any atom is -0.507 e. The first-order valence-electron chi connectivity index (χ1n) is 7.87. The highest BCUT2D eigenvalue weighted by Crippen LogP contribution is 2.37. The molecule has 2 fully saturated rings. The van der Waals surface area contributed by atoms with Crippen molar-refractivity contribution in [1.29, 1.82) is 0 Å². The number of benzene rings is 1. The first kappa shape index (κ1) is 14.4. The van der Waals surface area contributed by atoms with E-state index in [-0.39, 0.29) is 0 Å². The third-order valence-corrected chi connectivity index (χ3v) is 5.53. The van der Waals surface area contributed by atoms with Gasteiger partial charge >= 0.3 is 0 Å². The number of fused-ring (bicyclic) bond motifs is 1. The highest BCUT2D eigenvalue weighted by Gasteiger charge is 2.33. The monoisotopic (exact) mass is 337 g/mol. The zero-order valence-corrected chi connectivity index (χ0v) is 13.8. The Balaban J connectivity index is 1.79. The fraction of sp³-hybridized carbons (Fsp3) is 0.647. The molecule has 1 heterocycles. The second-order valence-electron chi connectivity index (χ2n) is 6.46. The molecular formula is C17H24BrNO. The zero-order chi connectivity index (χ0) is 14.1. The second kappa shape index (κ2) is 6.07. The van der Waals surface area contributed by atoms with Crippen LogP contribution in [0.4, 0.5) is 0 Å². The number of likely N-dealkylation sites (tertiary alicyclic amines) is 1. The normalized spacial score (nSPS) is 27.3. The van der Waals surface area contributed by atoms with E-state index >= 15 is 0 Å². The van der Waals surface area contributed by atoms with Gasteiger partial charge in [-0.05, 0) is 62.8 Å². The SMILES string of the molecule is Cc1cc(Br)cc(CN2CCCC3CCCCC32)c1O. The Bertz CT molecular complexity index is 486. The molecule has 0 radical (unpaired) electrons. The molecule has 1 aliphatic carbocycles. The van der Waals surface area contributed by atoms with Crippen LogP contribution in [0.5, 0.6) is 5.75 Å². The summed E-state index contributed by atoms with van der Waals surface area (Å²) in [5, 5.41) is 10.3.